The first-order valence-electron chi connectivity index (χ1n) is 10.6. The van der Waals surface area contributed by atoms with Crippen molar-refractivity contribution in [2.75, 3.05) is 39.4 Å². The van der Waals surface area contributed by atoms with Crippen LogP contribution < -0.4 is 9.47 Å². The van der Waals surface area contributed by atoms with Gasteiger partial charge < -0.3 is 9.47 Å². The van der Waals surface area contributed by atoms with Gasteiger partial charge in [0.15, 0.2) is 11.5 Å². The lowest BCUT2D eigenvalue weighted by Crippen LogP contribution is -2.50. The summed E-state index contributed by atoms with van der Waals surface area (Å²) in [5.41, 5.74) is 1.53. The molecular formula is C22H30N2O6S2. The highest BCUT2D eigenvalue weighted by Gasteiger charge is 2.34. The lowest BCUT2D eigenvalue weighted by Gasteiger charge is -2.33. The van der Waals surface area contributed by atoms with Gasteiger partial charge in [0.25, 0.3) is 0 Å². The van der Waals surface area contributed by atoms with Crippen LogP contribution in [0.25, 0.3) is 0 Å². The number of benzene rings is 2. The van der Waals surface area contributed by atoms with Crippen molar-refractivity contribution >= 4 is 20.0 Å². The van der Waals surface area contributed by atoms with Crippen LogP contribution in [0.3, 0.4) is 0 Å². The first-order valence-corrected chi connectivity index (χ1v) is 13.5. The van der Waals surface area contributed by atoms with E-state index in [4.69, 9.17) is 9.47 Å². The van der Waals surface area contributed by atoms with Crippen molar-refractivity contribution in [3.8, 4) is 11.5 Å². The molecule has 1 aliphatic heterocycles. The van der Waals surface area contributed by atoms with Crippen molar-refractivity contribution in [3.63, 3.8) is 0 Å². The van der Waals surface area contributed by atoms with Crippen molar-refractivity contribution in [1.82, 2.24) is 8.61 Å². The summed E-state index contributed by atoms with van der Waals surface area (Å²) < 4.78 is 66.4. The minimum absolute atomic E-state index is 0.0730. The summed E-state index contributed by atoms with van der Waals surface area (Å²) in [4.78, 5) is 0.358. The first kappa shape index (κ1) is 24.5. The number of nitrogens with zero attached hydrogens (tertiary/aromatic N) is 2. The van der Waals surface area contributed by atoms with Crippen molar-refractivity contribution in [1.29, 1.82) is 0 Å². The van der Waals surface area contributed by atoms with Crippen LogP contribution in [-0.4, -0.2) is 64.8 Å². The fourth-order valence-corrected chi connectivity index (χ4v) is 6.79. The Bertz CT molecular complexity index is 1170. The Morgan fingerprint density at radius 2 is 1.31 bits per heavy atom. The SMILES string of the molecule is CCOc1ccc(S(=O)(=O)N2CCN(S(=O)(=O)c3cc(C)ccc3C)CC2)cc1OCC. The summed E-state index contributed by atoms with van der Waals surface area (Å²) >= 11 is 0. The molecule has 2 aromatic rings. The van der Waals surface area contributed by atoms with Crippen LogP contribution in [0.4, 0.5) is 0 Å². The maximum absolute atomic E-state index is 13.2. The quantitative estimate of drug-likeness (QED) is 0.574. The molecule has 0 bridgehead atoms. The van der Waals surface area contributed by atoms with Crippen LogP contribution in [0.1, 0.15) is 25.0 Å². The Labute approximate surface area is 190 Å². The molecule has 8 nitrogen and oxygen atoms in total. The van der Waals surface area contributed by atoms with Crippen LogP contribution >= 0.6 is 0 Å². The van der Waals surface area contributed by atoms with E-state index in [2.05, 4.69) is 0 Å². The summed E-state index contributed by atoms with van der Waals surface area (Å²) in [6.45, 7) is 8.38. The lowest BCUT2D eigenvalue weighted by atomic mass is 10.2. The van der Waals surface area contributed by atoms with E-state index < -0.39 is 20.0 Å². The molecule has 0 saturated carbocycles. The molecule has 1 fully saturated rings. The van der Waals surface area contributed by atoms with Gasteiger partial charge >= 0.3 is 0 Å². The first-order chi connectivity index (χ1) is 15.1. The van der Waals surface area contributed by atoms with Crippen molar-refractivity contribution < 1.29 is 26.3 Å². The van der Waals surface area contributed by atoms with Gasteiger partial charge in [0.1, 0.15) is 0 Å². The van der Waals surface area contributed by atoms with Crippen LogP contribution in [0.2, 0.25) is 0 Å². The highest BCUT2D eigenvalue weighted by molar-refractivity contribution is 7.89. The van der Waals surface area contributed by atoms with Gasteiger partial charge in [-0.1, -0.05) is 12.1 Å². The summed E-state index contributed by atoms with van der Waals surface area (Å²) in [7, 11) is -7.51. The fourth-order valence-electron chi connectivity index (χ4n) is 3.62. The molecule has 2 aromatic carbocycles. The van der Waals surface area contributed by atoms with E-state index in [9.17, 15) is 16.8 Å². The second-order valence-corrected chi connectivity index (χ2v) is 11.4. The topological polar surface area (TPSA) is 93.2 Å². The molecule has 0 radical (unpaired) electrons. The molecule has 1 saturated heterocycles. The van der Waals surface area contributed by atoms with Crippen LogP contribution in [0.15, 0.2) is 46.2 Å². The van der Waals surface area contributed by atoms with E-state index in [-0.39, 0.29) is 36.0 Å². The third-order valence-electron chi connectivity index (χ3n) is 5.31. The molecule has 0 N–H and O–H groups in total. The van der Waals surface area contributed by atoms with Crippen LogP contribution in [0, 0.1) is 13.8 Å². The highest BCUT2D eigenvalue weighted by Crippen LogP contribution is 2.32. The van der Waals surface area contributed by atoms with E-state index in [0.29, 0.717) is 30.3 Å². The lowest BCUT2D eigenvalue weighted by molar-refractivity contribution is 0.272. The van der Waals surface area contributed by atoms with E-state index in [1.54, 1.807) is 25.1 Å². The van der Waals surface area contributed by atoms with Gasteiger partial charge in [0.2, 0.25) is 20.0 Å². The van der Waals surface area contributed by atoms with Crippen molar-refractivity contribution in [2.24, 2.45) is 0 Å². The van der Waals surface area contributed by atoms with E-state index in [1.807, 2.05) is 26.8 Å². The van der Waals surface area contributed by atoms with Crippen LogP contribution in [0.5, 0.6) is 11.5 Å². The predicted molar refractivity (Wildman–Crippen MR) is 122 cm³/mol. The van der Waals surface area contributed by atoms with E-state index >= 15 is 0 Å². The summed E-state index contributed by atoms with van der Waals surface area (Å²) in [5.74, 6) is 0.851. The third kappa shape index (κ3) is 4.93. The average Bonchev–Trinajstić information content (AvgIpc) is 2.77. The Kier molecular flexibility index (Phi) is 7.49. The number of ether oxygens (including phenoxy) is 2. The molecule has 176 valence electrons. The van der Waals surface area contributed by atoms with Gasteiger partial charge in [-0.3, -0.25) is 0 Å². The molecular weight excluding hydrogens is 452 g/mol. The van der Waals surface area contributed by atoms with E-state index in [0.717, 1.165) is 5.56 Å². The molecule has 0 spiro atoms. The number of sulfonamides is 2. The molecule has 1 aliphatic rings. The predicted octanol–water partition coefficient (Wildman–Crippen LogP) is 2.80. The Balaban J connectivity index is 1.79. The number of piperazine rings is 1. The van der Waals surface area contributed by atoms with Crippen molar-refractivity contribution in [3.05, 3.63) is 47.5 Å². The molecule has 0 amide bonds. The van der Waals surface area contributed by atoms with E-state index in [1.165, 1.54) is 20.7 Å². The number of rotatable bonds is 8. The smallest absolute Gasteiger partial charge is 0.243 e. The molecule has 3 rings (SSSR count). The van der Waals surface area contributed by atoms with Gasteiger partial charge in [-0.2, -0.15) is 8.61 Å². The number of hydrogen-bond donors (Lipinski definition) is 0. The minimum Gasteiger partial charge on any atom is -0.490 e. The molecule has 10 heteroatoms. The zero-order chi connectivity index (χ0) is 23.5. The van der Waals surface area contributed by atoms with Gasteiger partial charge in [-0.05, 0) is 57.0 Å². The highest BCUT2D eigenvalue weighted by atomic mass is 32.2. The zero-order valence-corrected chi connectivity index (χ0v) is 20.5. The third-order valence-corrected chi connectivity index (χ3v) is 9.25. The van der Waals surface area contributed by atoms with Gasteiger partial charge in [0.05, 0.1) is 23.0 Å². The molecule has 0 atom stereocenters. The van der Waals surface area contributed by atoms with Gasteiger partial charge in [-0.15, -0.1) is 0 Å². The minimum atomic E-state index is -3.81. The maximum atomic E-state index is 13.2. The summed E-state index contributed by atoms with van der Waals surface area (Å²) in [6, 6.07) is 9.84. The summed E-state index contributed by atoms with van der Waals surface area (Å²) in [5, 5.41) is 0. The van der Waals surface area contributed by atoms with Gasteiger partial charge in [-0.25, -0.2) is 16.8 Å². The molecule has 0 unspecified atom stereocenters. The largest absolute Gasteiger partial charge is 0.490 e. The molecule has 0 aromatic heterocycles. The average molecular weight is 483 g/mol. The Morgan fingerprint density at radius 1 is 0.750 bits per heavy atom. The number of hydrogen-bond acceptors (Lipinski definition) is 6. The second kappa shape index (κ2) is 9.78. The number of aryl methyl sites for hydroxylation is 2. The molecule has 32 heavy (non-hydrogen) atoms. The normalized spacial score (nSPS) is 16.1. The Hall–Kier alpha value is -2.14. The second-order valence-electron chi connectivity index (χ2n) is 7.55. The molecule has 1 heterocycles. The van der Waals surface area contributed by atoms with Crippen molar-refractivity contribution in [2.45, 2.75) is 37.5 Å². The zero-order valence-electron chi connectivity index (χ0n) is 18.9. The van der Waals surface area contributed by atoms with Gasteiger partial charge in [0, 0.05) is 32.2 Å². The fraction of sp³-hybridized carbons (Fsp3) is 0.455. The van der Waals surface area contributed by atoms with Crippen LogP contribution in [-0.2, 0) is 20.0 Å². The maximum Gasteiger partial charge on any atom is 0.243 e. The Morgan fingerprint density at radius 3 is 1.91 bits per heavy atom. The monoisotopic (exact) mass is 482 g/mol. The summed E-state index contributed by atoms with van der Waals surface area (Å²) in [6.07, 6.45) is 0. The molecule has 0 aliphatic carbocycles. The standard InChI is InChI=1S/C22H30N2O6S2/c1-5-29-20-10-9-19(16-21(20)30-6-2)31(25,26)23-11-13-24(14-12-23)32(27,28)22-15-17(3)7-8-18(22)4/h7-10,15-16H,5-6,11-14H2,1-4H3.